The number of para-hydroxylation sites is 1. The Morgan fingerprint density at radius 1 is 1.35 bits per heavy atom. The molecule has 1 aromatic carbocycles. The summed E-state index contributed by atoms with van der Waals surface area (Å²) in [6.07, 6.45) is 1.46. The third-order valence-corrected chi connectivity index (χ3v) is 3.80. The van der Waals surface area contributed by atoms with Crippen molar-refractivity contribution < 1.29 is 23.2 Å². The monoisotopic (exact) mass is 297 g/mol. The Labute approximate surface area is 116 Å². The highest BCUT2D eigenvalue weighted by Crippen LogP contribution is 2.18. The number of benzene rings is 1. The number of carboxylic acid groups (broad SMARTS) is 1. The molecule has 20 heavy (non-hydrogen) atoms. The number of hydrogen-bond donors (Lipinski definition) is 1. The molecule has 108 valence electrons. The lowest BCUT2D eigenvalue weighted by Crippen LogP contribution is -2.19. The fourth-order valence-electron chi connectivity index (χ4n) is 1.89. The third-order valence-electron chi connectivity index (χ3n) is 2.77. The Bertz CT molecular complexity index is 732. The van der Waals surface area contributed by atoms with E-state index in [4.69, 9.17) is 9.94 Å². The quantitative estimate of drug-likeness (QED) is 0.810. The van der Waals surface area contributed by atoms with E-state index in [1.54, 1.807) is 18.2 Å². The van der Waals surface area contributed by atoms with Gasteiger partial charge in [-0.3, -0.25) is 0 Å². The molecular weight excluding hydrogens is 282 g/mol. The van der Waals surface area contributed by atoms with Crippen LogP contribution in [-0.2, 0) is 9.84 Å². The van der Waals surface area contributed by atoms with Crippen molar-refractivity contribution in [2.75, 3.05) is 18.6 Å². The second-order valence-corrected chi connectivity index (χ2v) is 6.76. The highest BCUT2D eigenvalue weighted by atomic mass is 32.2. The second-order valence-electron chi connectivity index (χ2n) is 4.50. The van der Waals surface area contributed by atoms with Crippen LogP contribution in [0.5, 0.6) is 0 Å². The molecule has 6 nitrogen and oxygen atoms in total. The molecule has 2 rings (SSSR count). The Kier molecular flexibility index (Phi) is 3.99. The van der Waals surface area contributed by atoms with Gasteiger partial charge in [-0.15, -0.1) is 0 Å². The van der Waals surface area contributed by atoms with Gasteiger partial charge in [0.15, 0.2) is 5.69 Å². The largest absolute Gasteiger partial charge is 0.476 e. The van der Waals surface area contributed by atoms with Crippen LogP contribution in [0.3, 0.4) is 0 Å². The maximum absolute atomic E-state index is 11.2. The number of fused-ring (bicyclic) bond motifs is 1. The smallest absolute Gasteiger partial charge is 0.356 e. The summed E-state index contributed by atoms with van der Waals surface area (Å²) in [7, 11) is -3.04. The van der Waals surface area contributed by atoms with Gasteiger partial charge >= 0.3 is 5.97 Å². The summed E-state index contributed by atoms with van der Waals surface area (Å²) in [5.41, 5.74) is 0.662. The van der Waals surface area contributed by atoms with Crippen LogP contribution in [-0.4, -0.2) is 42.8 Å². The van der Waals surface area contributed by atoms with Crippen molar-refractivity contribution in [1.29, 1.82) is 0 Å². The highest BCUT2D eigenvalue weighted by Gasteiger charge is 2.15. The van der Waals surface area contributed by atoms with Gasteiger partial charge in [0.25, 0.3) is 0 Å². The molecule has 7 heteroatoms. The first-order chi connectivity index (χ1) is 9.38. The minimum atomic E-state index is -3.04. The molecule has 1 heterocycles. The molecule has 0 atom stereocenters. The molecule has 0 spiro atoms. The molecule has 0 fully saturated rings. The number of rotatable bonds is 6. The topological polar surface area (TPSA) is 85.6 Å². The van der Waals surface area contributed by atoms with Crippen molar-refractivity contribution in [3.05, 3.63) is 36.0 Å². The van der Waals surface area contributed by atoms with Crippen molar-refractivity contribution in [2.24, 2.45) is 0 Å². The van der Waals surface area contributed by atoms with Gasteiger partial charge in [-0.2, -0.15) is 4.73 Å². The van der Waals surface area contributed by atoms with Crippen molar-refractivity contribution in [1.82, 2.24) is 4.73 Å². The van der Waals surface area contributed by atoms with E-state index in [0.29, 0.717) is 11.9 Å². The van der Waals surface area contributed by atoms with Gasteiger partial charge < -0.3 is 9.94 Å². The number of nitrogens with zero attached hydrogens (tertiary/aromatic N) is 1. The minimum Gasteiger partial charge on any atom is -0.476 e. The van der Waals surface area contributed by atoms with Gasteiger partial charge in [-0.25, -0.2) is 13.2 Å². The molecule has 0 amide bonds. The molecule has 1 N–H and O–H groups in total. The SMILES string of the molecule is CS(=O)(=O)CCCOn1c(C(=O)O)cc2ccccc21. The van der Waals surface area contributed by atoms with Crippen LogP contribution in [0, 0.1) is 0 Å². The van der Waals surface area contributed by atoms with Crippen LogP contribution >= 0.6 is 0 Å². The van der Waals surface area contributed by atoms with Crippen LogP contribution in [0.2, 0.25) is 0 Å². The molecule has 0 aliphatic carbocycles. The van der Waals surface area contributed by atoms with E-state index < -0.39 is 15.8 Å². The summed E-state index contributed by atoms with van der Waals surface area (Å²) in [6.45, 7) is 0.131. The lowest BCUT2D eigenvalue weighted by atomic mass is 10.2. The zero-order valence-corrected chi connectivity index (χ0v) is 11.8. The van der Waals surface area contributed by atoms with Gasteiger partial charge in [0.2, 0.25) is 0 Å². The van der Waals surface area contributed by atoms with Crippen LogP contribution in [0.25, 0.3) is 10.9 Å². The molecule has 0 radical (unpaired) electrons. The average Bonchev–Trinajstić information content (AvgIpc) is 2.72. The molecule has 0 unspecified atom stereocenters. The van der Waals surface area contributed by atoms with Crippen molar-refractivity contribution in [3.8, 4) is 0 Å². The van der Waals surface area contributed by atoms with Crippen LogP contribution in [0.4, 0.5) is 0 Å². The fraction of sp³-hybridized carbons (Fsp3) is 0.308. The summed E-state index contributed by atoms with van der Waals surface area (Å²) in [6, 6.07) is 8.65. The van der Waals surface area contributed by atoms with Crippen molar-refractivity contribution in [3.63, 3.8) is 0 Å². The molecule has 2 aromatic rings. The van der Waals surface area contributed by atoms with E-state index in [2.05, 4.69) is 0 Å². The zero-order valence-electron chi connectivity index (χ0n) is 10.9. The van der Waals surface area contributed by atoms with E-state index in [0.717, 1.165) is 11.6 Å². The first-order valence-corrected chi connectivity index (χ1v) is 8.09. The van der Waals surface area contributed by atoms with Crippen molar-refractivity contribution >= 4 is 26.7 Å². The molecule has 0 bridgehead atoms. The molecule has 0 saturated heterocycles. The van der Waals surface area contributed by atoms with Crippen molar-refractivity contribution in [2.45, 2.75) is 6.42 Å². The van der Waals surface area contributed by atoms with Gasteiger partial charge in [-0.1, -0.05) is 18.2 Å². The Morgan fingerprint density at radius 3 is 2.70 bits per heavy atom. The van der Waals surface area contributed by atoms with E-state index in [9.17, 15) is 13.2 Å². The standard InChI is InChI=1S/C13H15NO5S/c1-20(17,18)8-4-7-19-14-11-6-3-2-5-10(11)9-12(14)13(15)16/h2-3,5-6,9H,4,7-8H2,1H3,(H,15,16). The molecule has 0 saturated carbocycles. The van der Waals surface area contributed by atoms with E-state index in [1.165, 1.54) is 10.8 Å². The van der Waals surface area contributed by atoms with Crippen LogP contribution < -0.4 is 4.84 Å². The normalized spacial score (nSPS) is 11.7. The van der Waals surface area contributed by atoms with E-state index in [1.807, 2.05) is 6.07 Å². The fourth-order valence-corrected chi connectivity index (χ4v) is 2.54. The van der Waals surface area contributed by atoms with Gasteiger partial charge in [0.05, 0.1) is 11.3 Å². The third kappa shape index (κ3) is 3.30. The maximum Gasteiger partial charge on any atom is 0.356 e. The van der Waals surface area contributed by atoms with Crippen LogP contribution in [0.1, 0.15) is 16.9 Å². The summed E-state index contributed by atoms with van der Waals surface area (Å²) in [5.74, 6) is -1.08. The van der Waals surface area contributed by atoms with Gasteiger partial charge in [0, 0.05) is 11.6 Å². The number of sulfone groups is 1. The Hall–Kier alpha value is -2.02. The van der Waals surface area contributed by atoms with E-state index >= 15 is 0 Å². The number of carbonyl (C=O) groups is 1. The van der Waals surface area contributed by atoms with Gasteiger partial charge in [-0.05, 0) is 18.6 Å². The first-order valence-electron chi connectivity index (χ1n) is 6.03. The predicted octanol–water partition coefficient (Wildman–Crippen LogP) is 1.20. The summed E-state index contributed by atoms with van der Waals surface area (Å²) in [5, 5.41) is 9.91. The molecule has 1 aromatic heterocycles. The average molecular weight is 297 g/mol. The Balaban J connectivity index is 2.19. The van der Waals surface area contributed by atoms with Crippen LogP contribution in [0.15, 0.2) is 30.3 Å². The molecule has 0 aliphatic heterocycles. The maximum atomic E-state index is 11.2. The summed E-state index contributed by atoms with van der Waals surface area (Å²) in [4.78, 5) is 16.6. The number of aromatic carboxylic acids is 1. The molecule has 0 aliphatic rings. The Morgan fingerprint density at radius 2 is 2.05 bits per heavy atom. The predicted molar refractivity (Wildman–Crippen MR) is 74.7 cm³/mol. The lowest BCUT2D eigenvalue weighted by Gasteiger charge is -2.10. The highest BCUT2D eigenvalue weighted by molar-refractivity contribution is 7.90. The zero-order chi connectivity index (χ0) is 14.8. The summed E-state index contributed by atoms with van der Waals surface area (Å²) >= 11 is 0. The number of aromatic nitrogens is 1. The molecular formula is C13H15NO5S. The van der Waals surface area contributed by atoms with Gasteiger partial charge in [0.1, 0.15) is 16.4 Å². The lowest BCUT2D eigenvalue weighted by molar-refractivity contribution is 0.0610. The second kappa shape index (κ2) is 5.54. The number of carboxylic acids is 1. The summed E-state index contributed by atoms with van der Waals surface area (Å²) < 4.78 is 23.3. The number of hydrogen-bond acceptors (Lipinski definition) is 4. The minimum absolute atomic E-state index is 0.00854. The first kappa shape index (κ1) is 14.4. The van der Waals surface area contributed by atoms with E-state index in [-0.39, 0.29) is 18.1 Å².